The fourth-order valence-electron chi connectivity index (χ4n) is 4.61. The van der Waals surface area contributed by atoms with Gasteiger partial charge in [-0.1, -0.05) is 60.1 Å². The fourth-order valence-corrected chi connectivity index (χ4v) is 5.59. The molecule has 6 nitrogen and oxygen atoms in total. The molecule has 0 radical (unpaired) electrons. The van der Waals surface area contributed by atoms with Gasteiger partial charge in [0.05, 0.1) is 16.3 Å². The van der Waals surface area contributed by atoms with Gasteiger partial charge in [0.1, 0.15) is 0 Å². The maximum Gasteiger partial charge on any atom is 0.293 e. The summed E-state index contributed by atoms with van der Waals surface area (Å²) < 4.78 is 3.93. The number of benzene rings is 3. The second-order valence-corrected chi connectivity index (χ2v) is 10.4. The Kier molecular flexibility index (Phi) is 6.62. The molecule has 5 aromatic rings. The lowest BCUT2D eigenvalue weighted by molar-refractivity contribution is -0.122. The lowest BCUT2D eigenvalue weighted by atomic mass is 10.1. The molecular weight excluding hydrogens is 516 g/mol. The molecule has 188 valence electrons. The second kappa shape index (κ2) is 10.4. The van der Waals surface area contributed by atoms with Gasteiger partial charge < -0.3 is 4.57 Å². The maximum atomic E-state index is 13.3. The van der Waals surface area contributed by atoms with Crippen molar-refractivity contribution in [1.82, 2.24) is 19.2 Å². The molecule has 8 heteroatoms. The molecule has 0 N–H and O–H groups in total. The van der Waals surface area contributed by atoms with E-state index in [1.807, 2.05) is 79.1 Å². The van der Waals surface area contributed by atoms with Gasteiger partial charge in [-0.3, -0.25) is 14.5 Å². The summed E-state index contributed by atoms with van der Waals surface area (Å²) >= 11 is 7.07. The molecule has 38 heavy (non-hydrogen) atoms. The van der Waals surface area contributed by atoms with Gasteiger partial charge in [-0.25, -0.2) is 4.68 Å². The van der Waals surface area contributed by atoms with Gasteiger partial charge in [-0.15, -0.1) is 0 Å². The summed E-state index contributed by atoms with van der Waals surface area (Å²) in [4.78, 5) is 27.8. The molecule has 1 aliphatic heterocycles. The Balaban J connectivity index is 1.24. The summed E-state index contributed by atoms with van der Waals surface area (Å²) in [6.07, 6.45) is 6.36. The van der Waals surface area contributed by atoms with Gasteiger partial charge in [0.25, 0.3) is 11.1 Å². The SMILES string of the molecule is O=C1S/C(=C\c2cn(-c3ccccc3)nc2-c2ccc(Cl)cc2)C(=O)N1CCCn1ccc2ccccc21. The van der Waals surface area contributed by atoms with E-state index in [0.29, 0.717) is 28.6 Å². The number of amides is 2. The number of aromatic nitrogens is 3. The van der Waals surface area contributed by atoms with Crippen LogP contribution in [0.3, 0.4) is 0 Å². The lowest BCUT2D eigenvalue weighted by Gasteiger charge is -2.13. The van der Waals surface area contributed by atoms with Crippen molar-refractivity contribution in [3.8, 4) is 16.9 Å². The first-order valence-corrected chi connectivity index (χ1v) is 13.5. The van der Waals surface area contributed by atoms with Crippen LogP contribution in [0.5, 0.6) is 0 Å². The van der Waals surface area contributed by atoms with Gasteiger partial charge in [0, 0.05) is 47.1 Å². The number of carbonyl (C=O) groups excluding carboxylic acids is 2. The Bertz CT molecular complexity index is 1670. The van der Waals surface area contributed by atoms with Crippen LogP contribution in [0, 0.1) is 0 Å². The third-order valence-corrected chi connectivity index (χ3v) is 7.66. The molecule has 0 aliphatic carbocycles. The molecule has 0 unspecified atom stereocenters. The third-order valence-electron chi connectivity index (χ3n) is 6.50. The topological polar surface area (TPSA) is 60.1 Å². The van der Waals surface area contributed by atoms with E-state index in [2.05, 4.69) is 22.8 Å². The molecule has 3 aromatic carbocycles. The highest BCUT2D eigenvalue weighted by Gasteiger charge is 2.35. The number of hydrogen-bond acceptors (Lipinski definition) is 4. The Labute approximate surface area is 229 Å². The molecular formula is C30H23ClN4O2S. The Morgan fingerprint density at radius 1 is 0.868 bits per heavy atom. The van der Waals surface area contributed by atoms with Crippen LogP contribution in [0.2, 0.25) is 5.02 Å². The average molecular weight is 539 g/mol. The van der Waals surface area contributed by atoms with Crippen molar-refractivity contribution >= 4 is 51.5 Å². The minimum Gasteiger partial charge on any atom is -0.347 e. The predicted molar refractivity (Wildman–Crippen MR) is 153 cm³/mol. The number of carbonyl (C=O) groups is 2. The summed E-state index contributed by atoms with van der Waals surface area (Å²) in [5.41, 5.74) is 4.37. The largest absolute Gasteiger partial charge is 0.347 e. The van der Waals surface area contributed by atoms with E-state index in [-0.39, 0.29) is 11.1 Å². The molecule has 3 heterocycles. The number of thioether (sulfide) groups is 1. The van der Waals surface area contributed by atoms with Crippen LogP contribution in [0.4, 0.5) is 4.79 Å². The van der Waals surface area contributed by atoms with E-state index in [9.17, 15) is 9.59 Å². The first-order valence-electron chi connectivity index (χ1n) is 12.3. The standard InChI is InChI=1S/C30H23ClN4O2S/c31-24-13-11-22(12-14-24)28-23(20-35(32-28)25-8-2-1-3-9-25)19-27-29(36)34(30(37)38-27)17-6-16-33-18-15-21-7-4-5-10-26(21)33/h1-5,7-15,18-20H,6,16-17H2/b27-19-. The second-order valence-electron chi connectivity index (χ2n) is 8.97. The van der Waals surface area contributed by atoms with Crippen molar-refractivity contribution in [1.29, 1.82) is 0 Å². The van der Waals surface area contributed by atoms with Crippen LogP contribution in [-0.2, 0) is 11.3 Å². The van der Waals surface area contributed by atoms with Gasteiger partial charge in [0.2, 0.25) is 0 Å². The molecule has 0 atom stereocenters. The zero-order chi connectivity index (χ0) is 26.1. The van der Waals surface area contributed by atoms with Crippen LogP contribution in [0.1, 0.15) is 12.0 Å². The van der Waals surface area contributed by atoms with Crippen LogP contribution < -0.4 is 0 Å². The quantitative estimate of drug-likeness (QED) is 0.204. The van der Waals surface area contributed by atoms with E-state index >= 15 is 0 Å². The number of nitrogens with zero attached hydrogens (tertiary/aromatic N) is 4. The van der Waals surface area contributed by atoms with E-state index < -0.39 is 0 Å². The Morgan fingerprint density at radius 3 is 2.45 bits per heavy atom. The summed E-state index contributed by atoms with van der Waals surface area (Å²) in [6.45, 7) is 1.08. The van der Waals surface area contributed by atoms with Gasteiger partial charge in [0.15, 0.2) is 0 Å². The summed E-state index contributed by atoms with van der Waals surface area (Å²) in [5, 5.41) is 6.35. The highest BCUT2D eigenvalue weighted by molar-refractivity contribution is 8.18. The Hall–Kier alpha value is -4.07. The number of aryl methyl sites for hydroxylation is 1. The van der Waals surface area contributed by atoms with Gasteiger partial charge >= 0.3 is 0 Å². The van der Waals surface area contributed by atoms with E-state index in [4.69, 9.17) is 16.7 Å². The van der Waals surface area contributed by atoms with E-state index in [0.717, 1.165) is 40.6 Å². The van der Waals surface area contributed by atoms with Crippen molar-refractivity contribution < 1.29 is 9.59 Å². The van der Waals surface area contributed by atoms with Gasteiger partial charge in [-0.05, 0) is 66.0 Å². The third kappa shape index (κ3) is 4.78. The van der Waals surface area contributed by atoms with Crippen LogP contribution in [-0.4, -0.2) is 36.9 Å². The molecule has 0 spiro atoms. The van der Waals surface area contributed by atoms with Crippen LogP contribution in [0.25, 0.3) is 33.9 Å². The number of para-hydroxylation sites is 2. The Morgan fingerprint density at radius 2 is 1.63 bits per heavy atom. The van der Waals surface area contributed by atoms with E-state index in [1.165, 1.54) is 10.3 Å². The highest BCUT2D eigenvalue weighted by atomic mass is 35.5. The number of imide groups is 1. The van der Waals surface area contributed by atoms with E-state index in [1.54, 1.807) is 10.8 Å². The molecule has 1 aliphatic rings. The molecule has 0 bridgehead atoms. The first-order chi connectivity index (χ1) is 18.6. The van der Waals surface area contributed by atoms with Gasteiger partial charge in [-0.2, -0.15) is 5.10 Å². The maximum absolute atomic E-state index is 13.3. The van der Waals surface area contributed by atoms with Crippen molar-refractivity contribution in [2.24, 2.45) is 0 Å². The van der Waals surface area contributed by atoms with Crippen LogP contribution in [0.15, 0.2) is 102 Å². The monoisotopic (exact) mass is 538 g/mol. The number of hydrogen-bond donors (Lipinski definition) is 0. The van der Waals surface area contributed by atoms with Crippen molar-refractivity contribution in [3.05, 3.63) is 113 Å². The minimum atomic E-state index is -0.271. The fraction of sp³-hybridized carbons (Fsp3) is 0.100. The predicted octanol–water partition coefficient (Wildman–Crippen LogP) is 7.27. The molecule has 1 fully saturated rings. The molecule has 2 amide bonds. The number of rotatable bonds is 7. The summed E-state index contributed by atoms with van der Waals surface area (Å²) in [5.74, 6) is -0.271. The van der Waals surface area contributed by atoms with Crippen molar-refractivity contribution in [2.75, 3.05) is 6.54 Å². The molecule has 0 saturated carbocycles. The molecule has 1 saturated heterocycles. The highest BCUT2D eigenvalue weighted by Crippen LogP contribution is 2.35. The zero-order valence-electron chi connectivity index (χ0n) is 20.3. The smallest absolute Gasteiger partial charge is 0.293 e. The minimum absolute atomic E-state index is 0.248. The summed E-state index contributed by atoms with van der Waals surface area (Å²) in [6, 6.07) is 27.4. The lowest BCUT2D eigenvalue weighted by Crippen LogP contribution is -2.29. The molecule has 2 aromatic heterocycles. The summed E-state index contributed by atoms with van der Waals surface area (Å²) in [7, 11) is 0. The normalized spacial score (nSPS) is 14.8. The van der Waals surface area contributed by atoms with Crippen molar-refractivity contribution in [2.45, 2.75) is 13.0 Å². The zero-order valence-corrected chi connectivity index (χ0v) is 21.9. The first kappa shape index (κ1) is 24.3. The van der Waals surface area contributed by atoms with Crippen LogP contribution >= 0.6 is 23.4 Å². The number of halogens is 1. The average Bonchev–Trinajstić information content (AvgIpc) is 3.62. The van der Waals surface area contributed by atoms with Crippen molar-refractivity contribution in [3.63, 3.8) is 0 Å². The number of fused-ring (bicyclic) bond motifs is 1. The molecule has 6 rings (SSSR count).